The van der Waals surface area contributed by atoms with E-state index in [0.717, 1.165) is 25.9 Å². The van der Waals surface area contributed by atoms with E-state index in [9.17, 15) is 4.79 Å². The lowest BCUT2D eigenvalue weighted by Gasteiger charge is -2.43. The molecule has 2 aromatic heterocycles. The van der Waals surface area contributed by atoms with Gasteiger partial charge in [-0.3, -0.25) is 4.79 Å². The van der Waals surface area contributed by atoms with E-state index in [1.807, 2.05) is 22.3 Å². The molecule has 1 fully saturated rings. The van der Waals surface area contributed by atoms with Gasteiger partial charge in [0.2, 0.25) is 0 Å². The molecule has 2 aliphatic heterocycles. The summed E-state index contributed by atoms with van der Waals surface area (Å²) < 4.78 is 11.6. The Kier molecular flexibility index (Phi) is 4.33. The molecule has 144 valence electrons. The van der Waals surface area contributed by atoms with Gasteiger partial charge in [0.1, 0.15) is 11.9 Å². The lowest BCUT2D eigenvalue weighted by atomic mass is 9.85. The topological polar surface area (TPSA) is 55.6 Å². The summed E-state index contributed by atoms with van der Waals surface area (Å²) in [5.74, 6) is 0.461. The summed E-state index contributed by atoms with van der Waals surface area (Å²) in [5.41, 5.74) is 2.79. The maximum atomic E-state index is 12.7. The van der Waals surface area contributed by atoms with Gasteiger partial charge in [-0.05, 0) is 36.5 Å². The molecule has 0 atom stereocenters. The Morgan fingerprint density at radius 3 is 2.71 bits per heavy atom. The molecule has 5 rings (SSSR count). The van der Waals surface area contributed by atoms with Crippen LogP contribution in [0, 0.1) is 6.92 Å². The first-order chi connectivity index (χ1) is 13.6. The minimum absolute atomic E-state index is 0.0566. The van der Waals surface area contributed by atoms with E-state index in [2.05, 4.69) is 35.3 Å². The van der Waals surface area contributed by atoms with Gasteiger partial charge in [0.15, 0.2) is 11.6 Å². The fourth-order valence-corrected chi connectivity index (χ4v) is 5.65. The molecule has 3 aromatic rings. The summed E-state index contributed by atoms with van der Waals surface area (Å²) in [7, 11) is 0. The molecule has 28 heavy (non-hydrogen) atoms. The van der Waals surface area contributed by atoms with Gasteiger partial charge in [0.05, 0.1) is 6.61 Å². The van der Waals surface area contributed by atoms with Gasteiger partial charge in [0, 0.05) is 29.8 Å². The van der Waals surface area contributed by atoms with E-state index in [1.54, 1.807) is 6.92 Å². The lowest BCUT2D eigenvalue weighted by Crippen LogP contribution is -2.48. The molecule has 6 heteroatoms. The Morgan fingerprint density at radius 1 is 1.21 bits per heavy atom. The number of amides is 1. The number of fused-ring (bicyclic) bond motifs is 2. The molecule has 4 heterocycles. The van der Waals surface area contributed by atoms with E-state index in [4.69, 9.17) is 9.15 Å². The van der Waals surface area contributed by atoms with Crippen LogP contribution >= 0.6 is 11.3 Å². The predicted octanol–water partition coefficient (Wildman–Crippen LogP) is 4.42. The van der Waals surface area contributed by atoms with E-state index in [0.29, 0.717) is 24.7 Å². The van der Waals surface area contributed by atoms with Gasteiger partial charge in [-0.2, -0.15) is 0 Å². The number of ether oxygens (including phenoxy) is 1. The SMILES string of the molecule is Cc1nc(C(=O)N2CCC3(CC2)OCCc2cc(-c4ccccc4)sc23)co1. The third kappa shape index (κ3) is 2.97. The average Bonchev–Trinajstić information content (AvgIpc) is 3.36. The van der Waals surface area contributed by atoms with Crippen molar-refractivity contribution in [3.8, 4) is 10.4 Å². The van der Waals surface area contributed by atoms with Crippen molar-refractivity contribution in [1.29, 1.82) is 0 Å². The number of hydrogen-bond donors (Lipinski definition) is 0. The Labute approximate surface area is 168 Å². The fourth-order valence-electron chi connectivity index (χ4n) is 4.23. The molecular formula is C22H22N2O3S. The summed E-state index contributed by atoms with van der Waals surface area (Å²) in [6.45, 7) is 3.83. The number of oxazole rings is 1. The summed E-state index contributed by atoms with van der Waals surface area (Å²) in [6, 6.07) is 12.9. The Bertz CT molecular complexity index is 1000. The predicted molar refractivity (Wildman–Crippen MR) is 107 cm³/mol. The highest BCUT2D eigenvalue weighted by atomic mass is 32.1. The molecular weight excluding hydrogens is 372 g/mol. The number of likely N-dealkylation sites (tertiary alicyclic amines) is 1. The summed E-state index contributed by atoms with van der Waals surface area (Å²) >= 11 is 1.85. The average molecular weight is 394 g/mol. The second-order valence-electron chi connectivity index (χ2n) is 7.47. The molecule has 0 unspecified atom stereocenters. The van der Waals surface area contributed by atoms with Crippen LogP contribution < -0.4 is 0 Å². The first-order valence-electron chi connectivity index (χ1n) is 9.69. The number of hydrogen-bond acceptors (Lipinski definition) is 5. The zero-order valence-corrected chi connectivity index (χ0v) is 16.6. The lowest BCUT2D eigenvalue weighted by molar-refractivity contribution is -0.0906. The van der Waals surface area contributed by atoms with Crippen molar-refractivity contribution in [2.45, 2.75) is 31.8 Å². The number of nitrogens with zero attached hydrogens (tertiary/aromatic N) is 2. The van der Waals surface area contributed by atoms with E-state index in [-0.39, 0.29) is 11.5 Å². The van der Waals surface area contributed by atoms with Crippen LogP contribution in [-0.4, -0.2) is 35.5 Å². The molecule has 0 bridgehead atoms. The fraction of sp³-hybridized carbons (Fsp3) is 0.364. The first kappa shape index (κ1) is 17.6. The molecule has 1 amide bonds. The van der Waals surface area contributed by atoms with Crippen LogP contribution in [0.25, 0.3) is 10.4 Å². The number of carbonyl (C=O) groups excluding carboxylic acids is 1. The van der Waals surface area contributed by atoms with Gasteiger partial charge in [-0.25, -0.2) is 4.98 Å². The second kappa shape index (κ2) is 6.87. The maximum absolute atomic E-state index is 12.7. The summed E-state index contributed by atoms with van der Waals surface area (Å²) in [5, 5.41) is 0. The minimum Gasteiger partial charge on any atom is -0.448 e. The molecule has 1 saturated heterocycles. The largest absolute Gasteiger partial charge is 0.448 e. The van der Waals surface area contributed by atoms with Crippen LogP contribution in [0.4, 0.5) is 0 Å². The van der Waals surface area contributed by atoms with Gasteiger partial charge in [-0.1, -0.05) is 30.3 Å². The highest BCUT2D eigenvalue weighted by molar-refractivity contribution is 7.15. The van der Waals surface area contributed by atoms with Crippen LogP contribution in [-0.2, 0) is 16.8 Å². The number of rotatable bonds is 2. The van der Waals surface area contributed by atoms with Crippen LogP contribution in [0.15, 0.2) is 47.1 Å². The van der Waals surface area contributed by atoms with Gasteiger partial charge >= 0.3 is 0 Å². The highest BCUT2D eigenvalue weighted by Gasteiger charge is 2.43. The summed E-state index contributed by atoms with van der Waals surface area (Å²) in [4.78, 5) is 21.4. The van der Waals surface area contributed by atoms with Crippen LogP contribution in [0.5, 0.6) is 0 Å². The van der Waals surface area contributed by atoms with Crippen molar-refractivity contribution in [3.05, 3.63) is 64.7 Å². The van der Waals surface area contributed by atoms with Gasteiger partial charge < -0.3 is 14.1 Å². The third-order valence-corrected chi connectivity index (χ3v) is 7.14. The van der Waals surface area contributed by atoms with Crippen molar-refractivity contribution in [2.24, 2.45) is 0 Å². The Morgan fingerprint density at radius 2 is 2.00 bits per heavy atom. The van der Waals surface area contributed by atoms with E-state index < -0.39 is 0 Å². The standard InChI is InChI=1S/C22H22N2O3S/c1-15-23-18(14-26-15)21(25)24-10-8-22(9-11-24)20-17(7-12-27-22)13-19(28-20)16-5-3-2-4-6-16/h2-6,13-14H,7-12H2,1H3. The smallest absolute Gasteiger partial charge is 0.275 e. The van der Waals surface area contributed by atoms with E-state index in [1.165, 1.54) is 27.1 Å². The zero-order valence-electron chi connectivity index (χ0n) is 15.8. The number of benzene rings is 1. The van der Waals surface area contributed by atoms with Gasteiger partial charge in [-0.15, -0.1) is 11.3 Å². The van der Waals surface area contributed by atoms with Crippen molar-refractivity contribution >= 4 is 17.2 Å². The molecule has 5 nitrogen and oxygen atoms in total. The Balaban J connectivity index is 1.38. The number of aryl methyl sites for hydroxylation is 1. The zero-order chi connectivity index (χ0) is 19.1. The number of thiophene rings is 1. The van der Waals surface area contributed by atoms with Crippen LogP contribution in [0.1, 0.15) is 39.7 Å². The molecule has 0 aliphatic carbocycles. The van der Waals surface area contributed by atoms with Crippen molar-refractivity contribution in [1.82, 2.24) is 9.88 Å². The first-order valence-corrected chi connectivity index (χ1v) is 10.5. The molecule has 1 spiro atoms. The molecule has 1 aromatic carbocycles. The number of piperidine rings is 1. The molecule has 0 N–H and O–H groups in total. The summed E-state index contributed by atoms with van der Waals surface area (Å²) in [6.07, 6.45) is 4.04. The molecule has 0 radical (unpaired) electrons. The normalized spacial score (nSPS) is 18.2. The second-order valence-corrected chi connectivity index (χ2v) is 8.52. The number of carbonyl (C=O) groups is 1. The highest BCUT2D eigenvalue weighted by Crippen LogP contribution is 2.47. The number of aromatic nitrogens is 1. The minimum atomic E-state index is -0.262. The van der Waals surface area contributed by atoms with Crippen molar-refractivity contribution in [2.75, 3.05) is 19.7 Å². The van der Waals surface area contributed by atoms with Crippen LogP contribution in [0.2, 0.25) is 0 Å². The maximum Gasteiger partial charge on any atom is 0.275 e. The van der Waals surface area contributed by atoms with Crippen molar-refractivity contribution in [3.63, 3.8) is 0 Å². The van der Waals surface area contributed by atoms with Crippen LogP contribution in [0.3, 0.4) is 0 Å². The van der Waals surface area contributed by atoms with E-state index >= 15 is 0 Å². The third-order valence-electron chi connectivity index (χ3n) is 5.73. The molecule has 2 aliphatic rings. The van der Waals surface area contributed by atoms with Gasteiger partial charge in [0.25, 0.3) is 5.91 Å². The quantitative estimate of drug-likeness (QED) is 0.646. The molecule has 0 saturated carbocycles. The monoisotopic (exact) mass is 394 g/mol. The Hall–Kier alpha value is -2.44. The van der Waals surface area contributed by atoms with Crippen molar-refractivity contribution < 1.29 is 13.9 Å².